The van der Waals surface area contributed by atoms with Gasteiger partial charge in [0.2, 0.25) is 0 Å². The van der Waals surface area contributed by atoms with Crippen LogP contribution in [0.2, 0.25) is 0 Å². The summed E-state index contributed by atoms with van der Waals surface area (Å²) in [6.07, 6.45) is 9.00. The van der Waals surface area contributed by atoms with Gasteiger partial charge in [0, 0.05) is 34.6 Å². The van der Waals surface area contributed by atoms with Gasteiger partial charge in [0.15, 0.2) is 0 Å². The molecule has 1 fully saturated rings. The number of carbonyl (C=O) groups excluding carboxylic acids is 5. The fraction of sp³-hybridized carbons (Fsp3) is 0.808. The quantitative estimate of drug-likeness (QED) is 0.350. The Morgan fingerprint density at radius 2 is 0.472 bits per heavy atom. The van der Waals surface area contributed by atoms with Gasteiger partial charge in [-0.25, -0.2) is 0 Å². The number of hydrogen-bond donors (Lipinski definition) is 0. The van der Waals surface area contributed by atoms with Crippen LogP contribution in [0, 0.1) is 0 Å². The number of carbonyl (C=O) groups is 5. The van der Waals surface area contributed by atoms with Crippen molar-refractivity contribution in [2.24, 2.45) is 0 Å². The predicted molar refractivity (Wildman–Crippen MR) is 139 cm³/mol. The first kappa shape index (κ1) is 43.4. The molecule has 0 bridgehead atoms. The number of rotatable bonds is 5. The lowest BCUT2D eigenvalue weighted by atomic mass is 10.0. The molecular weight excluding hydrogens is 472 g/mol. The normalized spacial score (nSPS) is 10.4. The van der Waals surface area contributed by atoms with E-state index in [2.05, 4.69) is 23.7 Å². The van der Waals surface area contributed by atoms with Gasteiger partial charge in [-0.05, 0) is 34.6 Å². The van der Waals surface area contributed by atoms with Crippen LogP contribution in [0.25, 0.3) is 0 Å². The summed E-state index contributed by atoms with van der Waals surface area (Å²) >= 11 is 0. The fourth-order valence-corrected chi connectivity index (χ4v) is 2.08. The zero-order valence-corrected chi connectivity index (χ0v) is 24.4. The van der Waals surface area contributed by atoms with Crippen molar-refractivity contribution in [3.8, 4) is 0 Å². The smallest absolute Gasteiger partial charge is 0.302 e. The molecule has 0 aromatic heterocycles. The summed E-state index contributed by atoms with van der Waals surface area (Å²) in [5.41, 5.74) is 0. The van der Waals surface area contributed by atoms with Crippen LogP contribution in [0.15, 0.2) is 0 Å². The lowest BCUT2D eigenvalue weighted by molar-refractivity contribution is -0.141. The molecule has 0 amide bonds. The molecule has 1 saturated carbocycles. The Hall–Kier alpha value is -2.65. The second-order valence-electron chi connectivity index (χ2n) is 6.74. The molecule has 0 unspecified atom stereocenters. The minimum atomic E-state index is -0.211. The van der Waals surface area contributed by atoms with Crippen molar-refractivity contribution in [3.05, 3.63) is 0 Å². The van der Waals surface area contributed by atoms with E-state index >= 15 is 0 Å². The third kappa shape index (κ3) is 85.8. The Morgan fingerprint density at radius 1 is 0.361 bits per heavy atom. The van der Waals surface area contributed by atoms with Crippen molar-refractivity contribution in [2.45, 2.75) is 108 Å². The molecule has 1 rings (SSSR count). The van der Waals surface area contributed by atoms with Crippen LogP contribution in [0.1, 0.15) is 108 Å². The molecule has 0 saturated heterocycles. The van der Waals surface area contributed by atoms with Crippen LogP contribution >= 0.6 is 0 Å². The van der Waals surface area contributed by atoms with Crippen LogP contribution in [0.3, 0.4) is 0 Å². The molecule has 0 N–H and O–H groups in total. The largest absolute Gasteiger partial charge is 0.466 e. The van der Waals surface area contributed by atoms with Crippen LogP contribution in [0.5, 0.6) is 0 Å². The Labute approximate surface area is 218 Å². The molecule has 0 heterocycles. The van der Waals surface area contributed by atoms with Gasteiger partial charge in [0.1, 0.15) is 0 Å². The van der Waals surface area contributed by atoms with Gasteiger partial charge in [-0.15, -0.1) is 0 Å². The first-order valence-corrected chi connectivity index (χ1v) is 12.5. The van der Waals surface area contributed by atoms with Crippen molar-refractivity contribution in [1.29, 1.82) is 0 Å². The lowest BCUT2D eigenvalue weighted by Gasteiger charge is -2.05. The van der Waals surface area contributed by atoms with Gasteiger partial charge in [-0.2, -0.15) is 0 Å². The molecule has 0 aliphatic heterocycles. The highest BCUT2D eigenvalue weighted by Gasteiger charge is 1.95. The highest BCUT2D eigenvalue weighted by molar-refractivity contribution is 5.66. The molecule has 36 heavy (non-hydrogen) atoms. The molecule has 1 aliphatic rings. The van der Waals surface area contributed by atoms with Crippen molar-refractivity contribution in [3.63, 3.8) is 0 Å². The van der Waals surface area contributed by atoms with Gasteiger partial charge in [0.05, 0.1) is 33.0 Å². The maximum absolute atomic E-state index is 9.82. The standard InChI is InChI=1S/C6H12.5C4H8O2/c1-2-4-6-5-3-1;5*1-3-6-4(2)5/h1-6H2;5*3H2,1-2H3. The van der Waals surface area contributed by atoms with E-state index in [9.17, 15) is 24.0 Å². The summed E-state index contributed by atoms with van der Waals surface area (Å²) in [6, 6.07) is 0. The molecule has 0 aromatic rings. The van der Waals surface area contributed by atoms with Gasteiger partial charge >= 0.3 is 29.8 Å². The monoisotopic (exact) mass is 524 g/mol. The lowest BCUT2D eigenvalue weighted by Crippen LogP contribution is -1.95. The Balaban J connectivity index is -0.000000107. The topological polar surface area (TPSA) is 132 Å². The predicted octanol–water partition coefficient (Wildman–Crippen LogP) is 5.19. The molecule has 10 nitrogen and oxygen atoms in total. The maximum atomic E-state index is 9.82. The van der Waals surface area contributed by atoms with Gasteiger partial charge in [-0.3, -0.25) is 24.0 Å². The summed E-state index contributed by atoms with van der Waals surface area (Å²) in [6.45, 7) is 18.3. The second-order valence-corrected chi connectivity index (χ2v) is 6.74. The van der Waals surface area contributed by atoms with E-state index in [0.717, 1.165) is 0 Å². The highest BCUT2D eigenvalue weighted by Crippen LogP contribution is 2.15. The molecule has 0 atom stereocenters. The summed E-state index contributed by atoms with van der Waals surface area (Å²) in [4.78, 5) is 49.1. The summed E-state index contributed by atoms with van der Waals surface area (Å²) in [5.74, 6) is -1.05. The molecule has 1 aliphatic carbocycles. The van der Waals surface area contributed by atoms with Crippen LogP contribution in [-0.2, 0) is 47.7 Å². The van der Waals surface area contributed by atoms with E-state index < -0.39 is 0 Å². The van der Waals surface area contributed by atoms with Gasteiger partial charge in [-0.1, -0.05) is 38.5 Å². The minimum absolute atomic E-state index is 0.211. The zero-order valence-electron chi connectivity index (χ0n) is 24.4. The summed E-state index contributed by atoms with van der Waals surface area (Å²) in [5, 5.41) is 0. The number of ether oxygens (including phenoxy) is 5. The molecule has 0 aromatic carbocycles. The van der Waals surface area contributed by atoms with E-state index in [1.165, 1.54) is 73.1 Å². The van der Waals surface area contributed by atoms with Crippen molar-refractivity contribution >= 4 is 29.8 Å². The Morgan fingerprint density at radius 3 is 0.500 bits per heavy atom. The van der Waals surface area contributed by atoms with Crippen LogP contribution in [-0.4, -0.2) is 62.9 Å². The average Bonchev–Trinajstić information content (AvgIpc) is 2.77. The number of esters is 5. The molecule has 216 valence electrons. The van der Waals surface area contributed by atoms with Crippen LogP contribution < -0.4 is 0 Å². The molecule has 0 radical (unpaired) electrons. The first-order chi connectivity index (χ1) is 16.9. The number of hydrogen-bond acceptors (Lipinski definition) is 10. The van der Waals surface area contributed by atoms with Gasteiger partial charge < -0.3 is 23.7 Å². The summed E-state index contributed by atoms with van der Waals surface area (Å²) in [7, 11) is 0. The molecular formula is C26H52O10. The third-order valence-corrected chi connectivity index (χ3v) is 3.24. The average molecular weight is 525 g/mol. The fourth-order valence-electron chi connectivity index (χ4n) is 2.08. The second kappa shape index (κ2) is 39.6. The highest BCUT2D eigenvalue weighted by atomic mass is 16.5. The van der Waals surface area contributed by atoms with Crippen molar-refractivity contribution < 1.29 is 47.7 Å². The minimum Gasteiger partial charge on any atom is -0.466 e. The molecule has 10 heteroatoms. The van der Waals surface area contributed by atoms with E-state index in [-0.39, 0.29) is 29.8 Å². The van der Waals surface area contributed by atoms with E-state index in [0.29, 0.717) is 33.0 Å². The zero-order chi connectivity index (χ0) is 29.2. The van der Waals surface area contributed by atoms with E-state index in [1.54, 1.807) is 34.6 Å². The molecule has 0 spiro atoms. The van der Waals surface area contributed by atoms with E-state index in [1.807, 2.05) is 0 Å². The first-order valence-electron chi connectivity index (χ1n) is 12.5. The van der Waals surface area contributed by atoms with Gasteiger partial charge in [0.25, 0.3) is 0 Å². The SMILES string of the molecule is C1CCCCC1.CCOC(C)=O.CCOC(C)=O.CCOC(C)=O.CCOC(C)=O.CCOC(C)=O. The Kier molecular flexibility index (Phi) is 47.7. The summed E-state index contributed by atoms with van der Waals surface area (Å²) < 4.78 is 22.0. The van der Waals surface area contributed by atoms with E-state index in [4.69, 9.17) is 0 Å². The van der Waals surface area contributed by atoms with Crippen LogP contribution in [0.4, 0.5) is 0 Å². The Bertz CT molecular complexity index is 410. The maximum Gasteiger partial charge on any atom is 0.302 e. The third-order valence-electron chi connectivity index (χ3n) is 3.24. The van der Waals surface area contributed by atoms with Crippen molar-refractivity contribution in [2.75, 3.05) is 33.0 Å². The van der Waals surface area contributed by atoms with Crippen molar-refractivity contribution in [1.82, 2.24) is 0 Å².